The van der Waals surface area contributed by atoms with Gasteiger partial charge < -0.3 is 19.7 Å². The molecule has 0 bridgehead atoms. The number of anilines is 1. The summed E-state index contributed by atoms with van der Waals surface area (Å²) in [7, 11) is 0. The predicted octanol–water partition coefficient (Wildman–Crippen LogP) is 1.52. The summed E-state index contributed by atoms with van der Waals surface area (Å²) >= 11 is 0. The van der Waals surface area contributed by atoms with Crippen LogP contribution < -0.4 is 10.2 Å². The van der Waals surface area contributed by atoms with E-state index in [0.717, 1.165) is 62.7 Å². The van der Waals surface area contributed by atoms with Crippen LogP contribution in [-0.2, 0) is 9.47 Å². The lowest BCUT2D eigenvalue weighted by Gasteiger charge is -2.30. The lowest BCUT2D eigenvalue weighted by atomic mass is 10.1. The summed E-state index contributed by atoms with van der Waals surface area (Å²) in [6, 6.07) is 9.82. The highest BCUT2D eigenvalue weighted by molar-refractivity contribution is 6.07. The number of carbonyl (C=O) groups is 1. The van der Waals surface area contributed by atoms with Crippen molar-refractivity contribution in [2.24, 2.45) is 0 Å². The number of nitrogens with zero attached hydrogens (tertiary/aromatic N) is 3. The number of amides is 1. The van der Waals surface area contributed by atoms with Crippen LogP contribution >= 0.6 is 0 Å². The molecule has 1 unspecified atom stereocenters. The Kier molecular flexibility index (Phi) is 6.04. The van der Waals surface area contributed by atoms with Crippen molar-refractivity contribution in [1.82, 2.24) is 15.2 Å². The number of aromatic nitrogens is 1. The predicted molar refractivity (Wildman–Crippen MR) is 109 cm³/mol. The first-order chi connectivity index (χ1) is 13.7. The van der Waals surface area contributed by atoms with Gasteiger partial charge in [-0.05, 0) is 19.1 Å². The Morgan fingerprint density at radius 1 is 1.11 bits per heavy atom. The maximum absolute atomic E-state index is 13.1. The van der Waals surface area contributed by atoms with Gasteiger partial charge >= 0.3 is 0 Å². The summed E-state index contributed by atoms with van der Waals surface area (Å²) in [5.41, 5.74) is 1.53. The minimum absolute atomic E-state index is 0.0473. The van der Waals surface area contributed by atoms with E-state index in [9.17, 15) is 4.79 Å². The summed E-state index contributed by atoms with van der Waals surface area (Å²) in [6.45, 7) is 9.20. The molecule has 1 atom stereocenters. The number of hydrogen-bond donors (Lipinski definition) is 1. The number of carbonyl (C=O) groups excluding carboxylic acids is 1. The molecule has 1 aromatic heterocycles. The molecule has 2 saturated heterocycles. The van der Waals surface area contributed by atoms with E-state index in [2.05, 4.69) is 22.0 Å². The van der Waals surface area contributed by atoms with E-state index in [1.807, 2.05) is 30.3 Å². The lowest BCUT2D eigenvalue weighted by Crippen LogP contribution is -2.46. The lowest BCUT2D eigenvalue weighted by molar-refractivity contribution is 0.0342. The molecule has 0 radical (unpaired) electrons. The number of fused-ring (bicyclic) bond motifs is 1. The van der Waals surface area contributed by atoms with Gasteiger partial charge in [-0.25, -0.2) is 4.98 Å². The zero-order valence-corrected chi connectivity index (χ0v) is 16.4. The van der Waals surface area contributed by atoms with E-state index < -0.39 is 0 Å². The zero-order chi connectivity index (χ0) is 19.3. The molecule has 150 valence electrons. The van der Waals surface area contributed by atoms with Crippen LogP contribution in [0.3, 0.4) is 0 Å². The number of hydrogen-bond acceptors (Lipinski definition) is 6. The van der Waals surface area contributed by atoms with E-state index in [0.29, 0.717) is 18.8 Å². The van der Waals surface area contributed by atoms with Gasteiger partial charge in [-0.1, -0.05) is 18.2 Å². The fraction of sp³-hybridized carbons (Fsp3) is 0.524. The van der Waals surface area contributed by atoms with E-state index in [1.54, 1.807) is 0 Å². The molecular weight excluding hydrogens is 356 g/mol. The van der Waals surface area contributed by atoms with Crippen molar-refractivity contribution in [2.75, 3.05) is 64.1 Å². The van der Waals surface area contributed by atoms with Crippen molar-refractivity contribution in [3.8, 4) is 0 Å². The van der Waals surface area contributed by atoms with Crippen LogP contribution in [0.1, 0.15) is 17.3 Å². The maximum Gasteiger partial charge on any atom is 0.252 e. The SMILES string of the molecule is CC(CN1CCOCC1)NC(=O)c1cc(N2CCOCC2)nc2ccccc12. The van der Waals surface area contributed by atoms with Gasteiger partial charge in [0.1, 0.15) is 5.82 Å². The van der Waals surface area contributed by atoms with E-state index in [-0.39, 0.29) is 11.9 Å². The Bertz CT molecular complexity index is 816. The number of morpholine rings is 2. The quantitative estimate of drug-likeness (QED) is 0.843. The van der Waals surface area contributed by atoms with Gasteiger partial charge in [0.2, 0.25) is 0 Å². The van der Waals surface area contributed by atoms with Crippen LogP contribution in [-0.4, -0.2) is 81.0 Å². The highest BCUT2D eigenvalue weighted by Crippen LogP contribution is 2.24. The monoisotopic (exact) mass is 384 g/mol. The normalized spacial score (nSPS) is 19.5. The Morgan fingerprint density at radius 2 is 1.79 bits per heavy atom. The van der Waals surface area contributed by atoms with Crippen LogP contribution in [0.25, 0.3) is 10.9 Å². The van der Waals surface area contributed by atoms with Gasteiger partial charge in [-0.2, -0.15) is 0 Å². The smallest absolute Gasteiger partial charge is 0.252 e. The molecule has 1 aromatic carbocycles. The van der Waals surface area contributed by atoms with Gasteiger partial charge in [0.15, 0.2) is 0 Å². The van der Waals surface area contributed by atoms with Gasteiger partial charge in [-0.15, -0.1) is 0 Å². The molecule has 28 heavy (non-hydrogen) atoms. The summed E-state index contributed by atoms with van der Waals surface area (Å²) in [5.74, 6) is 0.793. The third-order valence-corrected chi connectivity index (χ3v) is 5.30. The number of benzene rings is 1. The highest BCUT2D eigenvalue weighted by atomic mass is 16.5. The second kappa shape index (κ2) is 8.86. The molecule has 2 aliphatic heterocycles. The van der Waals surface area contributed by atoms with Crippen molar-refractivity contribution in [3.63, 3.8) is 0 Å². The van der Waals surface area contributed by atoms with E-state index in [1.165, 1.54) is 0 Å². The summed E-state index contributed by atoms with van der Waals surface area (Å²) in [4.78, 5) is 22.4. The average Bonchev–Trinajstić information content (AvgIpc) is 2.74. The third-order valence-electron chi connectivity index (χ3n) is 5.30. The first-order valence-electron chi connectivity index (χ1n) is 10.0. The number of nitrogens with one attached hydrogen (secondary N) is 1. The van der Waals surface area contributed by atoms with Gasteiger partial charge in [0.25, 0.3) is 5.91 Å². The fourth-order valence-corrected chi connectivity index (χ4v) is 3.82. The molecule has 1 N–H and O–H groups in total. The molecule has 0 saturated carbocycles. The Balaban J connectivity index is 1.54. The van der Waals surface area contributed by atoms with Crippen molar-refractivity contribution < 1.29 is 14.3 Å². The van der Waals surface area contributed by atoms with Crippen LogP contribution in [0.4, 0.5) is 5.82 Å². The highest BCUT2D eigenvalue weighted by Gasteiger charge is 2.20. The van der Waals surface area contributed by atoms with E-state index >= 15 is 0 Å². The van der Waals surface area contributed by atoms with Crippen LogP contribution in [0, 0.1) is 0 Å². The molecule has 0 spiro atoms. The Labute approximate surface area is 165 Å². The van der Waals surface area contributed by atoms with Crippen LogP contribution in [0.5, 0.6) is 0 Å². The maximum atomic E-state index is 13.1. The average molecular weight is 384 g/mol. The third kappa shape index (κ3) is 4.43. The minimum Gasteiger partial charge on any atom is -0.379 e. The van der Waals surface area contributed by atoms with E-state index in [4.69, 9.17) is 14.5 Å². The molecule has 0 aliphatic carbocycles. The molecule has 2 aliphatic rings. The molecule has 2 aromatic rings. The van der Waals surface area contributed by atoms with Crippen molar-refractivity contribution in [1.29, 1.82) is 0 Å². The number of rotatable bonds is 5. The molecule has 4 rings (SSSR count). The Hall–Kier alpha value is -2.22. The molecule has 2 fully saturated rings. The molecule has 7 nitrogen and oxygen atoms in total. The summed E-state index contributed by atoms with van der Waals surface area (Å²) in [5, 5.41) is 4.06. The van der Waals surface area contributed by atoms with Crippen molar-refractivity contribution >= 4 is 22.6 Å². The molecule has 1 amide bonds. The second-order valence-corrected chi connectivity index (χ2v) is 7.43. The number of pyridine rings is 1. The molecular formula is C21H28N4O3. The van der Waals surface area contributed by atoms with Crippen LogP contribution in [0.2, 0.25) is 0 Å². The van der Waals surface area contributed by atoms with Crippen molar-refractivity contribution in [2.45, 2.75) is 13.0 Å². The zero-order valence-electron chi connectivity index (χ0n) is 16.4. The van der Waals surface area contributed by atoms with Gasteiger partial charge in [0.05, 0.1) is 37.5 Å². The standard InChI is InChI=1S/C21H28N4O3/c1-16(15-24-6-10-27-11-7-24)22-21(26)18-14-20(25-8-12-28-13-9-25)23-19-5-3-2-4-17(18)19/h2-5,14,16H,6-13,15H2,1H3,(H,22,26). The first kappa shape index (κ1) is 19.1. The topological polar surface area (TPSA) is 66.9 Å². The van der Waals surface area contributed by atoms with Gasteiger partial charge in [0, 0.05) is 44.2 Å². The van der Waals surface area contributed by atoms with Crippen molar-refractivity contribution in [3.05, 3.63) is 35.9 Å². The largest absolute Gasteiger partial charge is 0.379 e. The Morgan fingerprint density at radius 3 is 2.54 bits per heavy atom. The molecule has 3 heterocycles. The van der Waals surface area contributed by atoms with Gasteiger partial charge in [-0.3, -0.25) is 9.69 Å². The summed E-state index contributed by atoms with van der Waals surface area (Å²) < 4.78 is 10.9. The minimum atomic E-state index is -0.0473. The number of ether oxygens (including phenoxy) is 2. The number of para-hydroxylation sites is 1. The second-order valence-electron chi connectivity index (χ2n) is 7.43. The van der Waals surface area contributed by atoms with Crippen LogP contribution in [0.15, 0.2) is 30.3 Å². The molecule has 7 heteroatoms. The first-order valence-corrected chi connectivity index (χ1v) is 10.0. The fourth-order valence-electron chi connectivity index (χ4n) is 3.82. The summed E-state index contributed by atoms with van der Waals surface area (Å²) in [6.07, 6.45) is 0.